The smallest absolute Gasteiger partial charge is 0.126 e. The zero-order valence-corrected chi connectivity index (χ0v) is 12.7. The molecule has 6 heteroatoms. The molecule has 0 aliphatic rings. The molecule has 2 aromatic carbocycles. The molecule has 0 aliphatic heterocycles. The van der Waals surface area contributed by atoms with Crippen molar-refractivity contribution in [1.82, 2.24) is 5.43 Å². The fraction of sp³-hybridized carbons (Fsp3) is 0.143. The van der Waals surface area contributed by atoms with Gasteiger partial charge in [-0.15, -0.1) is 0 Å². The molecule has 0 spiro atoms. The van der Waals surface area contributed by atoms with Gasteiger partial charge in [-0.1, -0.05) is 27.5 Å². The zero-order valence-electron chi connectivity index (χ0n) is 10.3. The Kier molecular flexibility index (Phi) is 5.10. The van der Waals surface area contributed by atoms with Crippen LogP contribution in [0.3, 0.4) is 0 Å². The van der Waals surface area contributed by atoms with Gasteiger partial charge in [-0.3, -0.25) is 11.3 Å². The fourth-order valence-corrected chi connectivity index (χ4v) is 2.59. The van der Waals surface area contributed by atoms with Gasteiger partial charge in [0.25, 0.3) is 0 Å². The molecule has 0 saturated heterocycles. The first kappa shape index (κ1) is 15.4. The summed E-state index contributed by atoms with van der Waals surface area (Å²) >= 11 is 9.47. The van der Waals surface area contributed by atoms with E-state index in [0.29, 0.717) is 10.6 Å². The predicted molar refractivity (Wildman–Crippen MR) is 79.3 cm³/mol. The molecule has 0 aromatic heterocycles. The third-order valence-corrected chi connectivity index (χ3v) is 3.80. The van der Waals surface area contributed by atoms with Crippen molar-refractivity contribution in [3.63, 3.8) is 0 Å². The summed E-state index contributed by atoms with van der Waals surface area (Å²) in [5.74, 6) is 4.56. The number of halogens is 4. The van der Waals surface area contributed by atoms with Crippen molar-refractivity contribution in [2.45, 2.75) is 12.5 Å². The summed E-state index contributed by atoms with van der Waals surface area (Å²) in [6.45, 7) is 0. The Morgan fingerprint density at radius 1 is 1.20 bits per heavy atom. The Labute approximate surface area is 129 Å². The first-order chi connectivity index (χ1) is 9.51. The van der Waals surface area contributed by atoms with Crippen LogP contribution < -0.4 is 11.3 Å². The molecule has 0 fully saturated rings. The minimum Gasteiger partial charge on any atom is -0.271 e. The largest absolute Gasteiger partial charge is 0.271 e. The average Bonchev–Trinajstić information content (AvgIpc) is 2.42. The first-order valence-electron chi connectivity index (χ1n) is 5.86. The number of rotatable bonds is 4. The van der Waals surface area contributed by atoms with Gasteiger partial charge >= 0.3 is 0 Å². The topological polar surface area (TPSA) is 38.0 Å². The minimum absolute atomic E-state index is 0.191. The predicted octanol–water partition coefficient (Wildman–Crippen LogP) is 4.13. The van der Waals surface area contributed by atoms with E-state index in [0.717, 1.165) is 22.7 Å². The second kappa shape index (κ2) is 6.63. The quantitative estimate of drug-likeness (QED) is 0.635. The summed E-state index contributed by atoms with van der Waals surface area (Å²) in [4.78, 5) is 0. The highest BCUT2D eigenvalue weighted by Crippen LogP contribution is 2.29. The summed E-state index contributed by atoms with van der Waals surface area (Å²) in [5.41, 5.74) is 3.54. The number of nitrogens with one attached hydrogen (secondary N) is 1. The van der Waals surface area contributed by atoms with Gasteiger partial charge in [0.2, 0.25) is 0 Å². The highest BCUT2D eigenvalue weighted by molar-refractivity contribution is 9.10. The second-order valence-corrected chi connectivity index (χ2v) is 5.65. The molecular weight excluding hydrogens is 350 g/mol. The molecule has 0 radical (unpaired) electrons. The van der Waals surface area contributed by atoms with E-state index < -0.39 is 17.7 Å². The Balaban J connectivity index is 2.33. The summed E-state index contributed by atoms with van der Waals surface area (Å²) in [6, 6.07) is 8.22. The van der Waals surface area contributed by atoms with Crippen molar-refractivity contribution in [2.24, 2.45) is 5.84 Å². The number of hydrogen-bond acceptors (Lipinski definition) is 2. The van der Waals surface area contributed by atoms with Crippen molar-refractivity contribution in [1.29, 1.82) is 0 Å². The Hall–Kier alpha value is -1.01. The maximum Gasteiger partial charge on any atom is 0.126 e. The number of hydrogen-bond donors (Lipinski definition) is 2. The van der Waals surface area contributed by atoms with E-state index in [9.17, 15) is 8.78 Å². The van der Waals surface area contributed by atoms with Gasteiger partial charge in [0, 0.05) is 9.50 Å². The third kappa shape index (κ3) is 3.55. The normalized spacial score (nSPS) is 12.4. The van der Waals surface area contributed by atoms with Gasteiger partial charge in [-0.25, -0.2) is 8.78 Å². The maximum atomic E-state index is 13.7. The lowest BCUT2D eigenvalue weighted by Crippen LogP contribution is -2.30. The van der Waals surface area contributed by atoms with Gasteiger partial charge in [0.15, 0.2) is 0 Å². The second-order valence-electron chi connectivity index (χ2n) is 4.32. The molecule has 0 saturated carbocycles. The van der Waals surface area contributed by atoms with E-state index >= 15 is 0 Å². The number of hydrazine groups is 1. The first-order valence-corrected chi connectivity index (χ1v) is 7.03. The van der Waals surface area contributed by atoms with Crippen LogP contribution in [0, 0.1) is 11.6 Å². The van der Waals surface area contributed by atoms with Crippen molar-refractivity contribution in [3.05, 3.63) is 68.7 Å². The van der Waals surface area contributed by atoms with Crippen LogP contribution in [0.2, 0.25) is 5.02 Å². The summed E-state index contributed by atoms with van der Waals surface area (Å²) in [6.07, 6.45) is 0.191. The summed E-state index contributed by atoms with van der Waals surface area (Å²) in [7, 11) is 0. The molecular formula is C14H12BrClF2N2. The molecule has 3 N–H and O–H groups in total. The number of nitrogens with two attached hydrogens (primary N) is 1. The van der Waals surface area contributed by atoms with Crippen LogP contribution in [0.25, 0.3) is 0 Å². The third-order valence-electron chi connectivity index (χ3n) is 2.97. The highest BCUT2D eigenvalue weighted by Gasteiger charge is 2.17. The Bertz CT molecular complexity index is 622. The Morgan fingerprint density at radius 2 is 1.95 bits per heavy atom. The summed E-state index contributed by atoms with van der Waals surface area (Å²) < 4.78 is 27.7. The molecule has 0 heterocycles. The molecule has 1 unspecified atom stereocenters. The molecule has 2 aromatic rings. The van der Waals surface area contributed by atoms with Crippen LogP contribution in [0.5, 0.6) is 0 Å². The van der Waals surface area contributed by atoms with Crippen LogP contribution in [0.15, 0.2) is 40.9 Å². The van der Waals surface area contributed by atoms with Crippen molar-refractivity contribution in [2.75, 3.05) is 0 Å². The van der Waals surface area contributed by atoms with E-state index in [4.69, 9.17) is 17.4 Å². The van der Waals surface area contributed by atoms with Crippen LogP contribution in [-0.2, 0) is 6.42 Å². The lowest BCUT2D eigenvalue weighted by molar-refractivity contribution is 0.523. The molecule has 106 valence electrons. The fourth-order valence-electron chi connectivity index (χ4n) is 1.96. The minimum atomic E-state index is -0.488. The van der Waals surface area contributed by atoms with Crippen LogP contribution in [0.1, 0.15) is 17.2 Å². The molecule has 20 heavy (non-hydrogen) atoms. The van der Waals surface area contributed by atoms with Crippen molar-refractivity contribution >= 4 is 27.5 Å². The molecule has 2 nitrogen and oxygen atoms in total. The maximum absolute atomic E-state index is 13.7. The van der Waals surface area contributed by atoms with E-state index in [-0.39, 0.29) is 12.0 Å². The van der Waals surface area contributed by atoms with Crippen LogP contribution in [0.4, 0.5) is 8.78 Å². The molecule has 0 bridgehead atoms. The SMILES string of the molecule is NNC(Cc1cc(F)ccc1F)c1cc(Br)ccc1Cl. The van der Waals surface area contributed by atoms with Gasteiger partial charge in [-0.05, 0) is 53.9 Å². The monoisotopic (exact) mass is 360 g/mol. The van der Waals surface area contributed by atoms with Crippen molar-refractivity contribution < 1.29 is 8.78 Å². The lowest BCUT2D eigenvalue weighted by atomic mass is 9.99. The van der Waals surface area contributed by atoms with E-state index in [1.165, 1.54) is 0 Å². The van der Waals surface area contributed by atoms with Gasteiger partial charge in [-0.2, -0.15) is 0 Å². The molecule has 1 atom stereocenters. The average molecular weight is 362 g/mol. The van der Waals surface area contributed by atoms with Gasteiger partial charge < -0.3 is 0 Å². The molecule has 2 rings (SSSR count). The molecule has 0 amide bonds. The van der Waals surface area contributed by atoms with E-state index in [1.54, 1.807) is 18.2 Å². The lowest BCUT2D eigenvalue weighted by Gasteiger charge is -2.18. The molecule has 0 aliphatic carbocycles. The van der Waals surface area contributed by atoms with Crippen molar-refractivity contribution in [3.8, 4) is 0 Å². The van der Waals surface area contributed by atoms with Gasteiger partial charge in [0.1, 0.15) is 11.6 Å². The highest BCUT2D eigenvalue weighted by atomic mass is 79.9. The number of benzene rings is 2. The van der Waals surface area contributed by atoms with Crippen LogP contribution in [-0.4, -0.2) is 0 Å². The zero-order chi connectivity index (χ0) is 14.7. The van der Waals surface area contributed by atoms with Gasteiger partial charge in [0.05, 0.1) is 6.04 Å². The Morgan fingerprint density at radius 3 is 2.65 bits per heavy atom. The standard InChI is InChI=1S/C14H12BrClF2N2/c15-9-1-3-12(16)11(7-9)14(20-19)6-8-5-10(17)2-4-13(8)18/h1-5,7,14,20H,6,19H2. The van der Waals surface area contributed by atoms with E-state index in [1.807, 2.05) is 0 Å². The van der Waals surface area contributed by atoms with E-state index in [2.05, 4.69) is 21.4 Å². The van der Waals surface area contributed by atoms with Crippen LogP contribution >= 0.6 is 27.5 Å². The summed E-state index contributed by atoms with van der Waals surface area (Å²) in [5, 5.41) is 0.507.